The fourth-order valence-electron chi connectivity index (χ4n) is 6.59. The molecular weight excluding hydrogens is 272 g/mol. The molecule has 2 unspecified atom stereocenters. The van der Waals surface area contributed by atoms with Crippen LogP contribution in [0.15, 0.2) is 11.6 Å². The standard InChI is InChI=1S/C20H30O2/c1-3-12-10-16-13(11-18(12)21)4-5-15-14(16)8-9-20(2)17(15)6-7-19(20)22/h11-12,14-17,19,22H,3-10H2,1-2H3/t12?,14-,15+,16-,17-,19?,20-/m0/s1. The summed E-state index contributed by atoms with van der Waals surface area (Å²) in [6, 6.07) is 0. The monoisotopic (exact) mass is 302 g/mol. The Balaban J connectivity index is 1.62. The van der Waals surface area contributed by atoms with E-state index in [4.69, 9.17) is 0 Å². The molecule has 0 radical (unpaired) electrons. The summed E-state index contributed by atoms with van der Waals surface area (Å²) in [5.41, 5.74) is 1.65. The highest BCUT2D eigenvalue weighted by atomic mass is 16.3. The number of rotatable bonds is 1. The number of aliphatic hydroxyl groups is 1. The maximum Gasteiger partial charge on any atom is 0.158 e. The van der Waals surface area contributed by atoms with Crippen LogP contribution in [0.2, 0.25) is 0 Å². The van der Waals surface area contributed by atoms with Gasteiger partial charge in [-0.05, 0) is 86.5 Å². The molecule has 4 aliphatic carbocycles. The van der Waals surface area contributed by atoms with E-state index in [1.54, 1.807) is 0 Å². The van der Waals surface area contributed by atoms with Crippen LogP contribution in [0.1, 0.15) is 65.2 Å². The lowest BCUT2D eigenvalue weighted by atomic mass is 9.51. The maximum absolute atomic E-state index is 12.2. The Labute approximate surface area is 134 Å². The van der Waals surface area contributed by atoms with Crippen molar-refractivity contribution in [2.24, 2.45) is 35.0 Å². The third-order valence-electron chi connectivity index (χ3n) is 7.96. The molecule has 122 valence electrons. The van der Waals surface area contributed by atoms with E-state index in [1.807, 2.05) is 6.08 Å². The number of hydrogen-bond donors (Lipinski definition) is 1. The zero-order valence-corrected chi connectivity index (χ0v) is 14.1. The number of fused-ring (bicyclic) bond motifs is 5. The lowest BCUT2D eigenvalue weighted by Crippen LogP contribution is -2.48. The normalized spacial score (nSPS) is 50.9. The minimum absolute atomic E-state index is 0.0771. The second-order valence-corrected chi connectivity index (χ2v) is 8.68. The van der Waals surface area contributed by atoms with Crippen molar-refractivity contribution in [3.63, 3.8) is 0 Å². The van der Waals surface area contributed by atoms with E-state index in [1.165, 1.54) is 31.3 Å². The summed E-state index contributed by atoms with van der Waals surface area (Å²) in [6.07, 6.45) is 11.1. The summed E-state index contributed by atoms with van der Waals surface area (Å²) >= 11 is 0. The van der Waals surface area contributed by atoms with Gasteiger partial charge in [-0.2, -0.15) is 0 Å². The van der Waals surface area contributed by atoms with Gasteiger partial charge in [0.25, 0.3) is 0 Å². The summed E-state index contributed by atoms with van der Waals surface area (Å²) in [4.78, 5) is 12.2. The van der Waals surface area contributed by atoms with Gasteiger partial charge in [0, 0.05) is 5.92 Å². The topological polar surface area (TPSA) is 37.3 Å². The predicted molar refractivity (Wildman–Crippen MR) is 87.3 cm³/mol. The summed E-state index contributed by atoms with van der Waals surface area (Å²) < 4.78 is 0. The molecule has 4 rings (SSSR count). The second-order valence-electron chi connectivity index (χ2n) is 8.68. The lowest BCUT2D eigenvalue weighted by Gasteiger charge is -2.53. The summed E-state index contributed by atoms with van der Waals surface area (Å²) in [6.45, 7) is 4.50. The third-order valence-corrected chi connectivity index (χ3v) is 7.96. The zero-order valence-electron chi connectivity index (χ0n) is 14.1. The molecule has 0 aliphatic heterocycles. The van der Waals surface area contributed by atoms with Gasteiger partial charge >= 0.3 is 0 Å². The average molecular weight is 302 g/mol. The molecule has 0 bridgehead atoms. The minimum Gasteiger partial charge on any atom is -0.393 e. The summed E-state index contributed by atoms with van der Waals surface area (Å²) in [5, 5.41) is 10.5. The van der Waals surface area contributed by atoms with Gasteiger partial charge < -0.3 is 5.11 Å². The van der Waals surface area contributed by atoms with Crippen LogP contribution < -0.4 is 0 Å². The minimum atomic E-state index is -0.0771. The second kappa shape index (κ2) is 5.19. The first-order valence-electron chi connectivity index (χ1n) is 9.47. The van der Waals surface area contributed by atoms with Crippen molar-refractivity contribution in [1.29, 1.82) is 0 Å². The van der Waals surface area contributed by atoms with E-state index >= 15 is 0 Å². The number of carbonyl (C=O) groups excluding carboxylic acids is 1. The molecular formula is C20H30O2. The highest BCUT2D eigenvalue weighted by Crippen LogP contribution is 2.61. The molecule has 3 fully saturated rings. The number of hydrogen-bond acceptors (Lipinski definition) is 2. The molecule has 2 nitrogen and oxygen atoms in total. The van der Waals surface area contributed by atoms with Gasteiger partial charge in [0.2, 0.25) is 0 Å². The quantitative estimate of drug-likeness (QED) is 0.791. The molecule has 0 aromatic heterocycles. The van der Waals surface area contributed by atoms with Gasteiger partial charge in [0.15, 0.2) is 5.78 Å². The fourth-order valence-corrected chi connectivity index (χ4v) is 6.59. The molecule has 7 atom stereocenters. The first-order valence-corrected chi connectivity index (χ1v) is 9.47. The first kappa shape index (κ1) is 14.9. The lowest BCUT2D eigenvalue weighted by molar-refractivity contribution is -0.120. The number of allylic oxidation sites excluding steroid dienone is 1. The largest absolute Gasteiger partial charge is 0.393 e. The maximum atomic E-state index is 12.2. The summed E-state index contributed by atoms with van der Waals surface area (Å²) in [7, 11) is 0. The number of carbonyl (C=O) groups is 1. The molecule has 0 saturated heterocycles. The van der Waals surface area contributed by atoms with Crippen molar-refractivity contribution in [2.45, 2.75) is 71.3 Å². The van der Waals surface area contributed by atoms with Gasteiger partial charge in [-0.3, -0.25) is 4.79 Å². The Hall–Kier alpha value is -0.630. The van der Waals surface area contributed by atoms with Crippen LogP contribution in [-0.4, -0.2) is 17.0 Å². The van der Waals surface area contributed by atoms with E-state index in [0.29, 0.717) is 11.7 Å². The van der Waals surface area contributed by atoms with Crippen LogP contribution in [0.5, 0.6) is 0 Å². The zero-order chi connectivity index (χ0) is 15.5. The van der Waals surface area contributed by atoms with E-state index in [9.17, 15) is 9.90 Å². The summed E-state index contributed by atoms with van der Waals surface area (Å²) in [5.74, 6) is 3.64. The van der Waals surface area contributed by atoms with Crippen molar-refractivity contribution >= 4 is 5.78 Å². The van der Waals surface area contributed by atoms with Crippen LogP contribution >= 0.6 is 0 Å². The van der Waals surface area contributed by atoms with Gasteiger partial charge in [-0.1, -0.05) is 19.4 Å². The molecule has 2 heteroatoms. The molecule has 0 heterocycles. The molecule has 0 amide bonds. The van der Waals surface area contributed by atoms with Crippen molar-refractivity contribution in [3.8, 4) is 0 Å². The number of ketones is 1. The van der Waals surface area contributed by atoms with Gasteiger partial charge in [-0.15, -0.1) is 0 Å². The van der Waals surface area contributed by atoms with E-state index in [-0.39, 0.29) is 17.4 Å². The van der Waals surface area contributed by atoms with Crippen LogP contribution in [0.25, 0.3) is 0 Å². The Morgan fingerprint density at radius 1 is 1.23 bits per heavy atom. The Kier molecular flexibility index (Phi) is 3.52. The number of aliphatic hydroxyl groups excluding tert-OH is 1. The average Bonchev–Trinajstić information content (AvgIpc) is 2.82. The molecule has 0 aromatic rings. The van der Waals surface area contributed by atoms with E-state index in [2.05, 4.69) is 13.8 Å². The molecule has 1 N–H and O–H groups in total. The van der Waals surface area contributed by atoms with E-state index in [0.717, 1.165) is 43.4 Å². The predicted octanol–water partition coefficient (Wildman–Crippen LogP) is 4.13. The van der Waals surface area contributed by atoms with Crippen molar-refractivity contribution in [1.82, 2.24) is 0 Å². The van der Waals surface area contributed by atoms with Crippen LogP contribution in [0.3, 0.4) is 0 Å². The van der Waals surface area contributed by atoms with Gasteiger partial charge in [-0.25, -0.2) is 0 Å². The Morgan fingerprint density at radius 3 is 2.82 bits per heavy atom. The van der Waals surface area contributed by atoms with Gasteiger partial charge in [0.05, 0.1) is 6.10 Å². The Bertz CT molecular complexity index is 508. The molecule has 0 aromatic carbocycles. The molecule has 3 saturated carbocycles. The van der Waals surface area contributed by atoms with Crippen LogP contribution in [0, 0.1) is 35.0 Å². The molecule has 22 heavy (non-hydrogen) atoms. The third kappa shape index (κ3) is 1.99. The fraction of sp³-hybridized carbons (Fsp3) is 0.850. The van der Waals surface area contributed by atoms with Crippen molar-refractivity contribution < 1.29 is 9.90 Å². The highest BCUT2D eigenvalue weighted by molar-refractivity contribution is 5.93. The van der Waals surface area contributed by atoms with Crippen molar-refractivity contribution in [3.05, 3.63) is 11.6 Å². The molecule has 4 aliphatic rings. The molecule has 0 spiro atoms. The van der Waals surface area contributed by atoms with Crippen LogP contribution in [0.4, 0.5) is 0 Å². The highest BCUT2D eigenvalue weighted by Gasteiger charge is 2.56. The van der Waals surface area contributed by atoms with E-state index < -0.39 is 0 Å². The van der Waals surface area contributed by atoms with Gasteiger partial charge in [0.1, 0.15) is 0 Å². The first-order chi connectivity index (χ1) is 10.5. The Morgan fingerprint density at radius 2 is 2.05 bits per heavy atom. The van der Waals surface area contributed by atoms with Crippen molar-refractivity contribution in [2.75, 3.05) is 0 Å². The smallest absolute Gasteiger partial charge is 0.158 e. The SMILES string of the molecule is CCC1C[C@H]2C(=CC1=O)CC[C@@H]1[C@@H]2CC[C@]2(C)C(O)CC[C@@H]12. The van der Waals surface area contributed by atoms with Crippen LogP contribution in [-0.2, 0) is 4.79 Å².